The molecule has 0 saturated heterocycles. The van der Waals surface area contributed by atoms with Gasteiger partial charge in [-0.25, -0.2) is 9.59 Å². The predicted octanol–water partition coefficient (Wildman–Crippen LogP) is 4.20. The van der Waals surface area contributed by atoms with E-state index >= 15 is 0 Å². The molecule has 0 aliphatic heterocycles. The average Bonchev–Trinajstić information content (AvgIpc) is 2.60. The van der Waals surface area contributed by atoms with Crippen molar-refractivity contribution in [1.29, 1.82) is 0 Å². The van der Waals surface area contributed by atoms with E-state index in [1.807, 2.05) is 12.1 Å². The fraction of sp³-hybridized carbons (Fsp3) is 0.222. The summed E-state index contributed by atoms with van der Waals surface area (Å²) < 4.78 is 19.7. The maximum absolute atomic E-state index is 11.4. The molecule has 0 unspecified atom stereocenters. The van der Waals surface area contributed by atoms with Gasteiger partial charge in [-0.2, -0.15) is 0 Å². The Bertz CT molecular complexity index is 569. The summed E-state index contributed by atoms with van der Waals surface area (Å²) in [4.78, 5) is 22.8. The van der Waals surface area contributed by atoms with E-state index in [9.17, 15) is 9.59 Å². The highest BCUT2D eigenvalue weighted by atomic mass is 16.7. The lowest BCUT2D eigenvalue weighted by Crippen LogP contribution is -2.13. The molecule has 0 aliphatic carbocycles. The zero-order valence-electron chi connectivity index (χ0n) is 13.1. The first-order chi connectivity index (χ1) is 11.7. The van der Waals surface area contributed by atoms with Crippen molar-refractivity contribution >= 4 is 12.3 Å². The number of hydrogen-bond acceptors (Lipinski definition) is 6. The molecule has 2 rings (SSSR count). The van der Waals surface area contributed by atoms with Gasteiger partial charge >= 0.3 is 12.3 Å². The van der Waals surface area contributed by atoms with E-state index in [2.05, 4.69) is 0 Å². The van der Waals surface area contributed by atoms with E-state index in [0.717, 1.165) is 0 Å². The van der Waals surface area contributed by atoms with Crippen molar-refractivity contribution in [1.82, 2.24) is 0 Å². The van der Waals surface area contributed by atoms with Crippen LogP contribution in [0.4, 0.5) is 9.59 Å². The molecule has 0 N–H and O–H groups in total. The molecule has 126 valence electrons. The van der Waals surface area contributed by atoms with Gasteiger partial charge in [0.15, 0.2) is 0 Å². The molecule has 6 nitrogen and oxygen atoms in total. The smallest absolute Gasteiger partial charge is 0.434 e. The first-order valence-electron chi connectivity index (χ1n) is 7.53. The lowest BCUT2D eigenvalue weighted by atomic mass is 10.3. The number of ether oxygens (including phenoxy) is 4. The second-order valence-electron chi connectivity index (χ2n) is 4.73. The number of para-hydroxylation sites is 2. The van der Waals surface area contributed by atoms with Crippen LogP contribution >= 0.6 is 0 Å². The molecule has 0 atom stereocenters. The largest absolute Gasteiger partial charge is 0.513 e. The standard InChI is InChI=1S/C18H18O6/c19-17(23-15-9-3-1-4-10-15)21-13-7-8-14-22-18(20)24-16-11-5-2-6-12-16/h1-6,9-12H,7-8,13-14H2. The van der Waals surface area contributed by atoms with Crippen LogP contribution in [0, 0.1) is 0 Å². The Hall–Kier alpha value is -3.02. The summed E-state index contributed by atoms with van der Waals surface area (Å²) in [6.45, 7) is 0.367. The summed E-state index contributed by atoms with van der Waals surface area (Å²) in [7, 11) is 0. The van der Waals surface area contributed by atoms with Crippen molar-refractivity contribution in [2.75, 3.05) is 13.2 Å². The van der Waals surface area contributed by atoms with Gasteiger partial charge < -0.3 is 18.9 Å². The van der Waals surface area contributed by atoms with Crippen LogP contribution in [0.15, 0.2) is 60.7 Å². The van der Waals surface area contributed by atoms with Crippen molar-refractivity contribution < 1.29 is 28.5 Å². The monoisotopic (exact) mass is 330 g/mol. The normalized spacial score (nSPS) is 9.83. The molecule has 0 aliphatic rings. The highest BCUT2D eigenvalue weighted by Crippen LogP contribution is 2.10. The molecule has 0 radical (unpaired) electrons. The number of unbranched alkanes of at least 4 members (excludes halogenated alkanes) is 1. The number of benzene rings is 2. The summed E-state index contributed by atoms with van der Waals surface area (Å²) in [6, 6.07) is 17.3. The molecule has 0 spiro atoms. The third kappa shape index (κ3) is 6.83. The van der Waals surface area contributed by atoms with Crippen LogP contribution in [0.5, 0.6) is 11.5 Å². The van der Waals surface area contributed by atoms with Crippen LogP contribution in [0.1, 0.15) is 12.8 Å². The third-order valence-corrected chi connectivity index (χ3v) is 2.87. The summed E-state index contributed by atoms with van der Waals surface area (Å²) >= 11 is 0. The zero-order chi connectivity index (χ0) is 17.0. The molecule has 0 fully saturated rings. The molecule has 0 bridgehead atoms. The summed E-state index contributed by atoms with van der Waals surface area (Å²) in [5, 5.41) is 0. The van der Waals surface area contributed by atoms with Crippen LogP contribution in [-0.2, 0) is 9.47 Å². The van der Waals surface area contributed by atoms with Crippen LogP contribution in [-0.4, -0.2) is 25.5 Å². The molecule has 2 aromatic rings. The van der Waals surface area contributed by atoms with E-state index in [0.29, 0.717) is 24.3 Å². The maximum atomic E-state index is 11.4. The predicted molar refractivity (Wildman–Crippen MR) is 86.1 cm³/mol. The van der Waals surface area contributed by atoms with Crippen LogP contribution in [0.3, 0.4) is 0 Å². The molecule has 0 heterocycles. The van der Waals surface area contributed by atoms with E-state index < -0.39 is 12.3 Å². The first-order valence-corrected chi connectivity index (χ1v) is 7.53. The molecule has 24 heavy (non-hydrogen) atoms. The van der Waals surface area contributed by atoms with Crippen molar-refractivity contribution in [3.63, 3.8) is 0 Å². The Morgan fingerprint density at radius 2 is 1.00 bits per heavy atom. The summed E-state index contributed by atoms with van der Waals surface area (Å²) in [5.41, 5.74) is 0. The van der Waals surface area contributed by atoms with Gasteiger partial charge in [0.1, 0.15) is 11.5 Å². The van der Waals surface area contributed by atoms with E-state index in [4.69, 9.17) is 18.9 Å². The van der Waals surface area contributed by atoms with Gasteiger partial charge in [-0.05, 0) is 37.1 Å². The van der Waals surface area contributed by atoms with Gasteiger partial charge in [-0.15, -0.1) is 0 Å². The lowest BCUT2D eigenvalue weighted by Gasteiger charge is -2.07. The van der Waals surface area contributed by atoms with Crippen molar-refractivity contribution in [2.45, 2.75) is 12.8 Å². The number of rotatable bonds is 7. The van der Waals surface area contributed by atoms with Crippen molar-refractivity contribution in [3.05, 3.63) is 60.7 Å². The quantitative estimate of drug-likeness (QED) is 0.430. The van der Waals surface area contributed by atoms with Gasteiger partial charge in [-0.1, -0.05) is 36.4 Å². The minimum absolute atomic E-state index is 0.183. The molecule has 0 amide bonds. The Morgan fingerprint density at radius 3 is 1.38 bits per heavy atom. The first kappa shape index (κ1) is 17.3. The highest BCUT2D eigenvalue weighted by Gasteiger charge is 2.07. The van der Waals surface area contributed by atoms with Crippen molar-refractivity contribution in [2.24, 2.45) is 0 Å². The fourth-order valence-electron chi connectivity index (χ4n) is 1.74. The van der Waals surface area contributed by atoms with E-state index in [1.165, 1.54) is 0 Å². The molecule has 2 aromatic carbocycles. The summed E-state index contributed by atoms with van der Waals surface area (Å²) in [6.07, 6.45) is -0.429. The second kappa shape index (κ2) is 9.89. The Kier molecular flexibility index (Phi) is 7.14. The van der Waals surface area contributed by atoms with Crippen molar-refractivity contribution in [3.8, 4) is 11.5 Å². The number of carbonyl (C=O) groups excluding carboxylic acids is 2. The number of carbonyl (C=O) groups is 2. The van der Waals surface area contributed by atoms with E-state index in [1.54, 1.807) is 48.5 Å². The van der Waals surface area contributed by atoms with Gasteiger partial charge in [0.2, 0.25) is 0 Å². The second-order valence-corrected chi connectivity index (χ2v) is 4.73. The third-order valence-electron chi connectivity index (χ3n) is 2.87. The SMILES string of the molecule is O=C(OCCCCOC(=O)Oc1ccccc1)Oc1ccccc1. The topological polar surface area (TPSA) is 71.1 Å². The summed E-state index contributed by atoms with van der Waals surface area (Å²) in [5.74, 6) is 0.851. The Labute approximate surface area is 139 Å². The Balaban J connectivity index is 1.50. The number of hydrogen-bond donors (Lipinski definition) is 0. The van der Waals surface area contributed by atoms with Gasteiger partial charge in [0, 0.05) is 0 Å². The highest BCUT2D eigenvalue weighted by molar-refractivity contribution is 5.64. The minimum atomic E-state index is -0.759. The molecule has 0 saturated carbocycles. The van der Waals surface area contributed by atoms with Crippen LogP contribution < -0.4 is 9.47 Å². The fourth-order valence-corrected chi connectivity index (χ4v) is 1.74. The molecular weight excluding hydrogens is 312 g/mol. The minimum Gasteiger partial charge on any atom is -0.434 e. The van der Waals surface area contributed by atoms with E-state index in [-0.39, 0.29) is 13.2 Å². The Morgan fingerprint density at radius 1 is 0.625 bits per heavy atom. The zero-order valence-corrected chi connectivity index (χ0v) is 13.1. The molecule has 6 heteroatoms. The molecule has 0 aromatic heterocycles. The van der Waals surface area contributed by atoms with Gasteiger partial charge in [0.25, 0.3) is 0 Å². The average molecular weight is 330 g/mol. The molecular formula is C18H18O6. The maximum Gasteiger partial charge on any atom is 0.513 e. The van der Waals surface area contributed by atoms with Crippen LogP contribution in [0.2, 0.25) is 0 Å². The van der Waals surface area contributed by atoms with Gasteiger partial charge in [-0.3, -0.25) is 0 Å². The lowest BCUT2D eigenvalue weighted by molar-refractivity contribution is 0.0841. The van der Waals surface area contributed by atoms with Gasteiger partial charge in [0.05, 0.1) is 13.2 Å². The van der Waals surface area contributed by atoms with Crippen LogP contribution in [0.25, 0.3) is 0 Å².